The molecular formula is C13H14BrNO. The molecule has 2 aromatic rings. The Bertz CT molecular complexity index is 461. The van der Waals surface area contributed by atoms with Gasteiger partial charge in [-0.15, -0.1) is 0 Å². The number of halogens is 1. The highest BCUT2D eigenvalue weighted by atomic mass is 79.9. The average Bonchev–Trinajstić information content (AvgIpc) is 2.75. The van der Waals surface area contributed by atoms with E-state index in [0.29, 0.717) is 4.67 Å². The number of hydrogen-bond acceptors (Lipinski definition) is 2. The lowest BCUT2D eigenvalue weighted by atomic mass is 10.0. The monoisotopic (exact) mass is 279 g/mol. The molecule has 0 saturated carbocycles. The van der Waals surface area contributed by atoms with Gasteiger partial charge in [-0.2, -0.15) is 0 Å². The molecule has 0 aliphatic carbocycles. The first-order valence-corrected chi connectivity index (χ1v) is 6.09. The van der Waals surface area contributed by atoms with Crippen molar-refractivity contribution in [1.82, 2.24) is 0 Å². The van der Waals surface area contributed by atoms with E-state index >= 15 is 0 Å². The van der Waals surface area contributed by atoms with Gasteiger partial charge < -0.3 is 10.2 Å². The number of rotatable bonds is 3. The normalized spacial score (nSPS) is 12.7. The molecule has 2 rings (SSSR count). The Hall–Kier alpha value is -1.06. The molecule has 0 aliphatic heterocycles. The number of aryl methyl sites for hydroxylation is 1. The summed E-state index contributed by atoms with van der Waals surface area (Å²) in [7, 11) is 0. The Labute approximate surface area is 104 Å². The first-order chi connectivity index (χ1) is 7.70. The third-order valence-electron chi connectivity index (χ3n) is 2.65. The number of furan rings is 1. The predicted molar refractivity (Wildman–Crippen MR) is 68.3 cm³/mol. The summed E-state index contributed by atoms with van der Waals surface area (Å²) in [5.74, 6) is 0.774. The Morgan fingerprint density at radius 2 is 1.88 bits per heavy atom. The van der Waals surface area contributed by atoms with Crippen molar-refractivity contribution in [3.05, 3.63) is 58.0 Å². The summed E-state index contributed by atoms with van der Waals surface area (Å²) in [6.45, 7) is 2.14. The van der Waals surface area contributed by atoms with Crippen LogP contribution in [0.5, 0.6) is 0 Å². The van der Waals surface area contributed by atoms with E-state index in [2.05, 4.69) is 47.1 Å². The molecule has 1 unspecified atom stereocenters. The maximum atomic E-state index is 6.11. The second-order valence-electron chi connectivity index (χ2n) is 3.71. The molecular weight excluding hydrogens is 266 g/mol. The molecule has 1 atom stereocenters. The molecule has 0 saturated heterocycles. The first-order valence-electron chi connectivity index (χ1n) is 5.30. The highest BCUT2D eigenvalue weighted by molar-refractivity contribution is 9.10. The van der Waals surface area contributed by atoms with Gasteiger partial charge in [0.25, 0.3) is 0 Å². The van der Waals surface area contributed by atoms with Crippen molar-refractivity contribution in [2.45, 2.75) is 19.4 Å². The fraction of sp³-hybridized carbons (Fsp3) is 0.231. The topological polar surface area (TPSA) is 39.2 Å². The molecule has 0 spiro atoms. The van der Waals surface area contributed by atoms with Crippen LogP contribution in [0.4, 0.5) is 0 Å². The lowest BCUT2D eigenvalue weighted by Gasteiger charge is -2.09. The van der Waals surface area contributed by atoms with Crippen LogP contribution >= 0.6 is 15.9 Å². The fourth-order valence-electron chi connectivity index (χ4n) is 1.62. The molecule has 0 bridgehead atoms. The van der Waals surface area contributed by atoms with E-state index in [0.717, 1.165) is 17.7 Å². The van der Waals surface area contributed by atoms with E-state index < -0.39 is 0 Å². The minimum absolute atomic E-state index is 0.197. The van der Waals surface area contributed by atoms with Crippen LogP contribution in [0, 0.1) is 0 Å². The highest BCUT2D eigenvalue weighted by Gasteiger charge is 2.12. The maximum Gasteiger partial charge on any atom is 0.169 e. The van der Waals surface area contributed by atoms with Gasteiger partial charge in [-0.05, 0) is 45.6 Å². The van der Waals surface area contributed by atoms with Crippen LogP contribution in [0.15, 0.2) is 45.5 Å². The van der Waals surface area contributed by atoms with Gasteiger partial charge >= 0.3 is 0 Å². The van der Waals surface area contributed by atoms with Crippen LogP contribution in [0.3, 0.4) is 0 Å². The van der Waals surface area contributed by atoms with Gasteiger partial charge in [0, 0.05) is 0 Å². The van der Waals surface area contributed by atoms with Gasteiger partial charge in [-0.1, -0.05) is 31.2 Å². The van der Waals surface area contributed by atoms with E-state index in [1.165, 1.54) is 5.56 Å². The molecule has 0 fully saturated rings. The van der Waals surface area contributed by atoms with Crippen LogP contribution in [0.2, 0.25) is 0 Å². The summed E-state index contributed by atoms with van der Waals surface area (Å²) < 4.78 is 6.16. The number of nitrogens with two attached hydrogens (primary N) is 1. The van der Waals surface area contributed by atoms with Crippen LogP contribution < -0.4 is 5.73 Å². The van der Waals surface area contributed by atoms with Crippen LogP contribution in [-0.2, 0) is 6.42 Å². The van der Waals surface area contributed by atoms with E-state index in [1.54, 1.807) is 0 Å². The molecule has 84 valence electrons. The minimum Gasteiger partial charge on any atom is -0.452 e. The predicted octanol–water partition coefficient (Wildman–Crippen LogP) is 3.65. The molecule has 2 N–H and O–H groups in total. The third kappa shape index (κ3) is 2.36. The van der Waals surface area contributed by atoms with E-state index in [-0.39, 0.29) is 6.04 Å². The van der Waals surface area contributed by atoms with Gasteiger partial charge in [0.15, 0.2) is 4.67 Å². The van der Waals surface area contributed by atoms with Crippen LogP contribution in [0.25, 0.3) is 0 Å². The first kappa shape index (κ1) is 11.4. The standard InChI is InChI=1S/C13H14BrNO/c1-2-9-3-5-10(6-4-9)13(15)11-7-8-12(14)16-11/h3-8,13H,2,15H2,1H3. The quantitative estimate of drug-likeness (QED) is 0.932. The number of benzene rings is 1. The zero-order valence-electron chi connectivity index (χ0n) is 9.11. The summed E-state index contributed by atoms with van der Waals surface area (Å²) in [5, 5.41) is 0. The third-order valence-corrected chi connectivity index (χ3v) is 3.07. The van der Waals surface area contributed by atoms with Gasteiger partial charge in [0.05, 0.1) is 6.04 Å². The minimum atomic E-state index is -0.197. The van der Waals surface area contributed by atoms with Crippen molar-refractivity contribution in [2.75, 3.05) is 0 Å². The Kier molecular flexibility index (Phi) is 3.46. The molecule has 16 heavy (non-hydrogen) atoms. The van der Waals surface area contributed by atoms with Crippen molar-refractivity contribution in [2.24, 2.45) is 5.73 Å². The fourth-order valence-corrected chi connectivity index (χ4v) is 1.94. The van der Waals surface area contributed by atoms with Gasteiger partial charge in [0.1, 0.15) is 5.76 Å². The molecule has 1 aromatic carbocycles. The summed E-state index contributed by atoms with van der Waals surface area (Å²) in [5.41, 5.74) is 8.49. The van der Waals surface area contributed by atoms with Crippen molar-refractivity contribution in [3.63, 3.8) is 0 Å². The Morgan fingerprint density at radius 1 is 1.19 bits per heavy atom. The number of hydrogen-bond donors (Lipinski definition) is 1. The van der Waals surface area contributed by atoms with E-state index in [9.17, 15) is 0 Å². The highest BCUT2D eigenvalue weighted by Crippen LogP contribution is 2.24. The van der Waals surface area contributed by atoms with Crippen molar-refractivity contribution < 1.29 is 4.42 Å². The van der Waals surface area contributed by atoms with Crippen LogP contribution in [-0.4, -0.2) is 0 Å². The van der Waals surface area contributed by atoms with Crippen LogP contribution in [0.1, 0.15) is 29.9 Å². The molecule has 0 radical (unpaired) electrons. The van der Waals surface area contributed by atoms with Crippen molar-refractivity contribution in [3.8, 4) is 0 Å². The average molecular weight is 280 g/mol. The zero-order chi connectivity index (χ0) is 11.5. The second kappa shape index (κ2) is 4.85. The SMILES string of the molecule is CCc1ccc(C(N)c2ccc(Br)o2)cc1. The van der Waals surface area contributed by atoms with Crippen molar-refractivity contribution >= 4 is 15.9 Å². The molecule has 0 aliphatic rings. The van der Waals surface area contributed by atoms with Gasteiger partial charge in [0.2, 0.25) is 0 Å². The molecule has 1 heterocycles. The zero-order valence-corrected chi connectivity index (χ0v) is 10.7. The molecule has 1 aromatic heterocycles. The largest absolute Gasteiger partial charge is 0.452 e. The Morgan fingerprint density at radius 3 is 2.38 bits per heavy atom. The van der Waals surface area contributed by atoms with Crippen molar-refractivity contribution in [1.29, 1.82) is 0 Å². The van der Waals surface area contributed by atoms with Gasteiger partial charge in [-0.25, -0.2) is 0 Å². The summed E-state index contributed by atoms with van der Waals surface area (Å²) in [6, 6.07) is 11.9. The maximum absolute atomic E-state index is 6.11. The van der Waals surface area contributed by atoms with E-state index in [1.807, 2.05) is 12.1 Å². The summed E-state index contributed by atoms with van der Waals surface area (Å²) in [4.78, 5) is 0. The Balaban J connectivity index is 2.23. The molecule has 3 heteroatoms. The van der Waals surface area contributed by atoms with Gasteiger partial charge in [-0.3, -0.25) is 0 Å². The lowest BCUT2D eigenvalue weighted by Crippen LogP contribution is -2.10. The summed E-state index contributed by atoms with van der Waals surface area (Å²) in [6.07, 6.45) is 1.04. The molecule has 0 amide bonds. The van der Waals surface area contributed by atoms with E-state index in [4.69, 9.17) is 10.2 Å². The second-order valence-corrected chi connectivity index (χ2v) is 4.50. The summed E-state index contributed by atoms with van der Waals surface area (Å²) >= 11 is 3.27. The smallest absolute Gasteiger partial charge is 0.169 e. The lowest BCUT2D eigenvalue weighted by molar-refractivity contribution is 0.470. The molecule has 2 nitrogen and oxygen atoms in total.